The first kappa shape index (κ1) is 16.2. The average molecular weight is 300 g/mol. The Balaban J connectivity index is 2.02. The Hall–Kier alpha value is -2.20. The molecule has 0 saturated carbocycles. The third-order valence-electron chi connectivity index (χ3n) is 3.75. The van der Waals surface area contributed by atoms with Crippen molar-refractivity contribution in [2.45, 2.75) is 25.8 Å². The minimum absolute atomic E-state index is 0.145. The van der Waals surface area contributed by atoms with Crippen LogP contribution in [0.2, 0.25) is 0 Å². The fourth-order valence-corrected chi connectivity index (χ4v) is 2.21. The maximum Gasteiger partial charge on any atom is 0.251 e. The van der Waals surface area contributed by atoms with Crippen molar-refractivity contribution in [2.75, 3.05) is 6.54 Å². The Kier molecular flexibility index (Phi) is 4.93. The molecule has 0 radical (unpaired) electrons. The summed E-state index contributed by atoms with van der Waals surface area (Å²) in [5, 5.41) is 2.90. The molecule has 2 aromatic carbocycles. The summed E-state index contributed by atoms with van der Waals surface area (Å²) < 4.78 is 13.3. The molecular formula is C18H21FN2O. The van der Waals surface area contributed by atoms with E-state index in [1.165, 1.54) is 12.1 Å². The van der Waals surface area contributed by atoms with Crippen LogP contribution < -0.4 is 11.1 Å². The van der Waals surface area contributed by atoms with Crippen molar-refractivity contribution in [1.29, 1.82) is 0 Å². The molecule has 116 valence electrons. The highest BCUT2D eigenvalue weighted by molar-refractivity contribution is 5.94. The number of rotatable bonds is 5. The number of hydrogen-bond acceptors (Lipinski definition) is 2. The number of halogens is 1. The van der Waals surface area contributed by atoms with Gasteiger partial charge in [0.2, 0.25) is 0 Å². The number of nitrogens with one attached hydrogen (secondary N) is 1. The second kappa shape index (κ2) is 6.71. The quantitative estimate of drug-likeness (QED) is 0.892. The van der Waals surface area contributed by atoms with Crippen LogP contribution >= 0.6 is 0 Å². The van der Waals surface area contributed by atoms with Crippen molar-refractivity contribution in [1.82, 2.24) is 5.32 Å². The van der Waals surface area contributed by atoms with Crippen molar-refractivity contribution in [2.24, 2.45) is 5.73 Å². The van der Waals surface area contributed by atoms with E-state index in [4.69, 9.17) is 5.73 Å². The number of hydrogen-bond donors (Lipinski definition) is 2. The van der Waals surface area contributed by atoms with Crippen LogP contribution in [-0.4, -0.2) is 12.5 Å². The second-order valence-corrected chi connectivity index (χ2v) is 5.98. The van der Waals surface area contributed by atoms with Gasteiger partial charge in [-0.05, 0) is 35.4 Å². The topological polar surface area (TPSA) is 55.1 Å². The minimum Gasteiger partial charge on any atom is -0.351 e. The van der Waals surface area contributed by atoms with Gasteiger partial charge in [0.05, 0.1) is 0 Å². The van der Waals surface area contributed by atoms with Crippen LogP contribution in [0.25, 0.3) is 0 Å². The summed E-state index contributed by atoms with van der Waals surface area (Å²) in [7, 11) is 0. The Morgan fingerprint density at radius 3 is 2.45 bits per heavy atom. The molecule has 0 heterocycles. The summed E-state index contributed by atoms with van der Waals surface area (Å²) in [5.74, 6) is -0.415. The highest BCUT2D eigenvalue weighted by Crippen LogP contribution is 2.23. The number of amides is 1. The fraction of sp³-hybridized carbons (Fsp3) is 0.278. The number of carbonyl (C=O) groups is 1. The van der Waals surface area contributed by atoms with E-state index in [1.807, 2.05) is 32.0 Å². The number of nitrogens with two attached hydrogens (primary N) is 1. The molecule has 0 unspecified atom stereocenters. The average Bonchev–Trinajstić information content (AvgIpc) is 2.53. The van der Waals surface area contributed by atoms with Crippen molar-refractivity contribution in [3.8, 4) is 0 Å². The van der Waals surface area contributed by atoms with Crippen molar-refractivity contribution >= 4 is 5.91 Å². The van der Waals surface area contributed by atoms with Crippen LogP contribution in [0.15, 0.2) is 48.5 Å². The van der Waals surface area contributed by atoms with Crippen LogP contribution in [0.3, 0.4) is 0 Å². The smallest absolute Gasteiger partial charge is 0.251 e. The Morgan fingerprint density at radius 2 is 1.86 bits per heavy atom. The normalized spacial score (nSPS) is 11.3. The van der Waals surface area contributed by atoms with Gasteiger partial charge in [-0.1, -0.05) is 38.1 Å². The van der Waals surface area contributed by atoms with Gasteiger partial charge in [0.25, 0.3) is 5.91 Å². The van der Waals surface area contributed by atoms with E-state index in [0.717, 1.165) is 11.1 Å². The van der Waals surface area contributed by atoms with Gasteiger partial charge < -0.3 is 11.1 Å². The molecule has 2 rings (SSSR count). The molecule has 0 saturated heterocycles. The molecule has 0 aliphatic carbocycles. The van der Waals surface area contributed by atoms with Crippen molar-refractivity contribution in [3.63, 3.8) is 0 Å². The third-order valence-corrected chi connectivity index (χ3v) is 3.75. The summed E-state index contributed by atoms with van der Waals surface area (Å²) in [6.45, 7) is 4.82. The monoisotopic (exact) mass is 300 g/mol. The zero-order chi connectivity index (χ0) is 16.2. The summed E-state index contributed by atoms with van der Waals surface area (Å²) in [4.78, 5) is 12.2. The van der Waals surface area contributed by atoms with Crippen LogP contribution in [-0.2, 0) is 12.0 Å². The molecule has 22 heavy (non-hydrogen) atoms. The number of carbonyl (C=O) groups excluding carboxylic acids is 1. The van der Waals surface area contributed by atoms with Crippen molar-refractivity contribution in [3.05, 3.63) is 71.0 Å². The van der Waals surface area contributed by atoms with E-state index in [9.17, 15) is 9.18 Å². The second-order valence-electron chi connectivity index (χ2n) is 5.98. The lowest BCUT2D eigenvalue weighted by Crippen LogP contribution is -2.36. The Labute approximate surface area is 130 Å². The first-order valence-electron chi connectivity index (χ1n) is 7.25. The molecule has 3 N–H and O–H groups in total. The highest BCUT2D eigenvalue weighted by Gasteiger charge is 2.22. The maximum atomic E-state index is 13.3. The SMILES string of the molecule is CC(C)(CNC(=O)c1ccc(CN)cc1)c1cccc(F)c1. The van der Waals surface area contributed by atoms with E-state index in [-0.39, 0.29) is 17.1 Å². The van der Waals surface area contributed by atoms with Crippen LogP contribution in [0.1, 0.15) is 35.3 Å². The van der Waals surface area contributed by atoms with E-state index in [2.05, 4.69) is 5.32 Å². The Bertz CT molecular complexity index is 650. The van der Waals surface area contributed by atoms with Gasteiger partial charge >= 0.3 is 0 Å². The first-order chi connectivity index (χ1) is 10.4. The summed E-state index contributed by atoms with van der Waals surface area (Å²) in [5.41, 5.74) is 7.61. The molecule has 0 aliphatic rings. The van der Waals surface area contributed by atoms with Crippen molar-refractivity contribution < 1.29 is 9.18 Å². The molecule has 0 bridgehead atoms. The van der Waals surface area contributed by atoms with E-state index < -0.39 is 0 Å². The fourth-order valence-electron chi connectivity index (χ4n) is 2.21. The summed E-state index contributed by atoms with van der Waals surface area (Å²) >= 11 is 0. The van der Waals surface area contributed by atoms with Gasteiger partial charge in [0.1, 0.15) is 5.82 Å². The van der Waals surface area contributed by atoms with Crippen LogP contribution in [0, 0.1) is 5.82 Å². The predicted molar refractivity (Wildman–Crippen MR) is 86.1 cm³/mol. The van der Waals surface area contributed by atoms with Gasteiger partial charge in [-0.2, -0.15) is 0 Å². The largest absolute Gasteiger partial charge is 0.351 e. The van der Waals surface area contributed by atoms with E-state index in [1.54, 1.807) is 18.2 Å². The number of benzene rings is 2. The molecule has 0 aliphatic heterocycles. The molecule has 0 fully saturated rings. The maximum absolute atomic E-state index is 13.3. The summed E-state index contributed by atoms with van der Waals surface area (Å²) in [6, 6.07) is 13.7. The lowest BCUT2D eigenvalue weighted by Gasteiger charge is -2.25. The summed E-state index contributed by atoms with van der Waals surface area (Å²) in [6.07, 6.45) is 0. The van der Waals surface area contributed by atoms with Crippen LogP contribution in [0.4, 0.5) is 4.39 Å². The Morgan fingerprint density at radius 1 is 1.18 bits per heavy atom. The van der Waals surface area contributed by atoms with Gasteiger partial charge in [-0.3, -0.25) is 4.79 Å². The lowest BCUT2D eigenvalue weighted by atomic mass is 9.84. The molecule has 0 spiro atoms. The predicted octanol–water partition coefficient (Wildman–Crippen LogP) is 2.99. The molecule has 3 nitrogen and oxygen atoms in total. The molecule has 0 atom stereocenters. The van der Waals surface area contributed by atoms with E-state index in [0.29, 0.717) is 18.7 Å². The van der Waals surface area contributed by atoms with Crippen LogP contribution in [0.5, 0.6) is 0 Å². The van der Waals surface area contributed by atoms with Gasteiger partial charge in [0.15, 0.2) is 0 Å². The third kappa shape index (κ3) is 3.92. The molecule has 1 amide bonds. The first-order valence-corrected chi connectivity index (χ1v) is 7.25. The molecule has 2 aromatic rings. The standard InChI is InChI=1S/C18H21FN2O/c1-18(2,15-4-3-5-16(19)10-15)12-21-17(22)14-8-6-13(11-20)7-9-14/h3-10H,11-12,20H2,1-2H3,(H,21,22). The van der Waals surface area contributed by atoms with Gasteiger partial charge in [-0.25, -0.2) is 4.39 Å². The lowest BCUT2D eigenvalue weighted by molar-refractivity contribution is 0.0945. The zero-order valence-electron chi connectivity index (χ0n) is 12.9. The molecule has 0 aromatic heterocycles. The van der Waals surface area contributed by atoms with Gasteiger partial charge in [0, 0.05) is 24.1 Å². The molecular weight excluding hydrogens is 279 g/mol. The highest BCUT2D eigenvalue weighted by atomic mass is 19.1. The minimum atomic E-state index is -0.352. The zero-order valence-corrected chi connectivity index (χ0v) is 12.9. The van der Waals surface area contributed by atoms with E-state index >= 15 is 0 Å². The molecule has 4 heteroatoms. The van der Waals surface area contributed by atoms with Gasteiger partial charge in [-0.15, -0.1) is 0 Å².